The molecule has 0 spiro atoms. The van der Waals surface area contributed by atoms with Gasteiger partial charge in [0.2, 0.25) is 0 Å². The van der Waals surface area contributed by atoms with E-state index >= 15 is 0 Å². The van der Waals surface area contributed by atoms with Crippen LogP contribution >= 0.6 is 39.1 Å². The molecule has 0 radical (unpaired) electrons. The Hall–Kier alpha value is -3.13. The van der Waals surface area contributed by atoms with Gasteiger partial charge in [0.25, 0.3) is 17.7 Å². The molecule has 6 nitrogen and oxygen atoms in total. The Morgan fingerprint density at radius 1 is 0.875 bits per heavy atom. The minimum atomic E-state index is -0.630. The fourth-order valence-corrected chi connectivity index (χ4v) is 3.74. The highest BCUT2D eigenvalue weighted by Gasteiger charge is 2.38. The second-order valence-corrected chi connectivity index (χ2v) is 8.45. The molecule has 0 fully saturated rings. The van der Waals surface area contributed by atoms with E-state index in [4.69, 9.17) is 23.2 Å². The van der Waals surface area contributed by atoms with Gasteiger partial charge in [0.05, 0.1) is 16.4 Å². The SMILES string of the molecule is O=C(Nc1ccccc1Cl)c1cccc(NC2=C(Cl)C(=O)N(c3ccc(Br)cc3)C2=O)c1. The van der Waals surface area contributed by atoms with Crippen LogP contribution in [-0.2, 0) is 9.59 Å². The normalized spacial score (nSPS) is 13.5. The molecule has 0 aliphatic carbocycles. The molecule has 32 heavy (non-hydrogen) atoms. The Bertz CT molecular complexity index is 1280. The van der Waals surface area contributed by atoms with E-state index in [0.717, 1.165) is 9.37 Å². The van der Waals surface area contributed by atoms with Gasteiger partial charge in [-0.3, -0.25) is 14.4 Å². The summed E-state index contributed by atoms with van der Waals surface area (Å²) in [5.41, 5.74) is 1.55. The molecule has 0 atom stereocenters. The highest BCUT2D eigenvalue weighted by molar-refractivity contribution is 9.10. The van der Waals surface area contributed by atoms with Crippen molar-refractivity contribution in [3.63, 3.8) is 0 Å². The van der Waals surface area contributed by atoms with Gasteiger partial charge in [-0.25, -0.2) is 4.90 Å². The molecule has 0 aromatic heterocycles. The van der Waals surface area contributed by atoms with Crippen LogP contribution in [0.5, 0.6) is 0 Å². The third kappa shape index (κ3) is 4.41. The van der Waals surface area contributed by atoms with E-state index in [9.17, 15) is 14.4 Å². The number of imide groups is 1. The summed E-state index contributed by atoms with van der Waals surface area (Å²) >= 11 is 15.6. The molecule has 1 aliphatic rings. The Morgan fingerprint density at radius 2 is 1.59 bits per heavy atom. The quantitative estimate of drug-likeness (QED) is 0.409. The zero-order chi connectivity index (χ0) is 22.8. The summed E-state index contributed by atoms with van der Waals surface area (Å²) in [5, 5.41) is 5.79. The van der Waals surface area contributed by atoms with Gasteiger partial charge in [0, 0.05) is 15.7 Å². The topological polar surface area (TPSA) is 78.5 Å². The summed E-state index contributed by atoms with van der Waals surface area (Å²) in [4.78, 5) is 39.1. The number of anilines is 3. The molecular formula is C23H14BrCl2N3O3. The van der Waals surface area contributed by atoms with Crippen LogP contribution in [0.25, 0.3) is 0 Å². The van der Waals surface area contributed by atoms with E-state index in [1.807, 2.05) is 0 Å². The number of halogens is 3. The molecule has 9 heteroatoms. The summed E-state index contributed by atoms with van der Waals surface area (Å²) < 4.78 is 0.810. The van der Waals surface area contributed by atoms with Crippen molar-refractivity contribution in [2.45, 2.75) is 0 Å². The van der Waals surface area contributed by atoms with Crippen molar-refractivity contribution in [2.24, 2.45) is 0 Å². The van der Waals surface area contributed by atoms with Gasteiger partial charge in [0.15, 0.2) is 0 Å². The summed E-state index contributed by atoms with van der Waals surface area (Å²) in [5.74, 6) is -1.60. The number of carbonyl (C=O) groups excluding carboxylic acids is 3. The summed E-state index contributed by atoms with van der Waals surface area (Å²) in [6.07, 6.45) is 0. The molecule has 1 heterocycles. The zero-order valence-corrected chi connectivity index (χ0v) is 19.3. The minimum Gasteiger partial charge on any atom is -0.350 e. The van der Waals surface area contributed by atoms with Crippen molar-refractivity contribution < 1.29 is 14.4 Å². The number of hydrogen-bond donors (Lipinski definition) is 2. The van der Waals surface area contributed by atoms with E-state index < -0.39 is 11.8 Å². The summed E-state index contributed by atoms with van der Waals surface area (Å²) in [6, 6.07) is 20.0. The first kappa shape index (κ1) is 22.1. The number of amides is 3. The highest BCUT2D eigenvalue weighted by atomic mass is 79.9. The third-order valence-corrected chi connectivity index (χ3v) is 5.84. The van der Waals surface area contributed by atoms with Crippen LogP contribution in [0.4, 0.5) is 17.1 Å². The molecule has 0 bridgehead atoms. The Labute approximate surface area is 201 Å². The van der Waals surface area contributed by atoms with Crippen LogP contribution < -0.4 is 15.5 Å². The number of hydrogen-bond acceptors (Lipinski definition) is 4. The first-order valence-corrected chi connectivity index (χ1v) is 10.9. The third-order valence-electron chi connectivity index (χ3n) is 4.63. The van der Waals surface area contributed by atoms with Crippen molar-refractivity contribution >= 4 is 73.9 Å². The van der Waals surface area contributed by atoms with E-state index in [0.29, 0.717) is 27.6 Å². The predicted molar refractivity (Wildman–Crippen MR) is 129 cm³/mol. The molecule has 4 rings (SSSR count). The average Bonchev–Trinajstić information content (AvgIpc) is 2.99. The first-order valence-electron chi connectivity index (χ1n) is 9.32. The summed E-state index contributed by atoms with van der Waals surface area (Å²) in [6.45, 7) is 0. The lowest BCUT2D eigenvalue weighted by Crippen LogP contribution is -2.32. The average molecular weight is 531 g/mol. The van der Waals surface area contributed by atoms with E-state index in [1.54, 1.807) is 72.8 Å². The summed E-state index contributed by atoms with van der Waals surface area (Å²) in [7, 11) is 0. The molecule has 1 aliphatic heterocycles. The number of carbonyl (C=O) groups is 3. The van der Waals surface area contributed by atoms with Crippen LogP contribution in [0.2, 0.25) is 5.02 Å². The standard InChI is InChI=1S/C23H14BrCl2N3O3/c24-14-8-10-16(11-9-14)29-22(31)19(26)20(23(29)32)27-15-5-3-4-13(12-15)21(30)28-18-7-2-1-6-17(18)25/h1-12,27H,(H,28,30). The second kappa shape index (κ2) is 9.16. The maximum absolute atomic E-state index is 12.9. The zero-order valence-electron chi connectivity index (χ0n) is 16.2. The molecule has 0 unspecified atom stereocenters. The lowest BCUT2D eigenvalue weighted by Gasteiger charge is -2.15. The van der Waals surface area contributed by atoms with Gasteiger partial charge >= 0.3 is 0 Å². The first-order chi connectivity index (χ1) is 15.3. The Balaban J connectivity index is 1.55. The van der Waals surface area contributed by atoms with Crippen LogP contribution in [0.1, 0.15) is 10.4 Å². The number of benzene rings is 3. The maximum atomic E-state index is 12.9. The van der Waals surface area contributed by atoms with Crippen LogP contribution in [-0.4, -0.2) is 17.7 Å². The molecule has 160 valence electrons. The van der Waals surface area contributed by atoms with Gasteiger partial charge in [0.1, 0.15) is 10.7 Å². The fourth-order valence-electron chi connectivity index (χ4n) is 3.08. The molecule has 0 saturated heterocycles. The number of para-hydroxylation sites is 1. The largest absolute Gasteiger partial charge is 0.350 e. The van der Waals surface area contributed by atoms with Gasteiger partial charge < -0.3 is 10.6 Å². The number of rotatable bonds is 5. The predicted octanol–water partition coefficient (Wildman–Crippen LogP) is 5.79. The molecule has 0 saturated carbocycles. The van der Waals surface area contributed by atoms with Gasteiger partial charge in [-0.15, -0.1) is 0 Å². The van der Waals surface area contributed by atoms with Crippen molar-refractivity contribution in [3.05, 3.63) is 98.6 Å². The van der Waals surface area contributed by atoms with E-state index in [-0.39, 0.29) is 16.6 Å². The number of nitrogens with zero attached hydrogens (tertiary/aromatic N) is 1. The van der Waals surface area contributed by atoms with Gasteiger partial charge in [-0.05, 0) is 54.6 Å². The van der Waals surface area contributed by atoms with Crippen LogP contribution in [0, 0.1) is 0 Å². The Kier molecular flexibility index (Phi) is 6.32. The van der Waals surface area contributed by atoms with Gasteiger partial charge in [-0.2, -0.15) is 0 Å². The minimum absolute atomic E-state index is 0.0664. The fraction of sp³-hybridized carbons (Fsp3) is 0. The lowest BCUT2D eigenvalue weighted by molar-refractivity contribution is -0.120. The lowest BCUT2D eigenvalue weighted by atomic mass is 10.1. The molecule has 3 aromatic carbocycles. The van der Waals surface area contributed by atoms with Crippen molar-refractivity contribution in [1.82, 2.24) is 0 Å². The number of nitrogens with one attached hydrogen (secondary N) is 2. The van der Waals surface area contributed by atoms with E-state index in [2.05, 4.69) is 26.6 Å². The van der Waals surface area contributed by atoms with Crippen LogP contribution in [0.3, 0.4) is 0 Å². The monoisotopic (exact) mass is 529 g/mol. The smallest absolute Gasteiger partial charge is 0.283 e. The van der Waals surface area contributed by atoms with E-state index in [1.165, 1.54) is 0 Å². The van der Waals surface area contributed by atoms with Crippen molar-refractivity contribution in [2.75, 3.05) is 15.5 Å². The molecule has 3 amide bonds. The Morgan fingerprint density at radius 3 is 2.31 bits per heavy atom. The molecule has 2 N–H and O–H groups in total. The van der Waals surface area contributed by atoms with Crippen LogP contribution in [0.15, 0.2) is 88.0 Å². The van der Waals surface area contributed by atoms with Gasteiger partial charge in [-0.1, -0.05) is 57.3 Å². The molecule has 3 aromatic rings. The highest BCUT2D eigenvalue weighted by Crippen LogP contribution is 2.31. The van der Waals surface area contributed by atoms with Crippen molar-refractivity contribution in [1.29, 1.82) is 0 Å². The van der Waals surface area contributed by atoms with Crippen molar-refractivity contribution in [3.8, 4) is 0 Å². The maximum Gasteiger partial charge on any atom is 0.283 e. The second-order valence-electron chi connectivity index (χ2n) is 6.75. The molecular weight excluding hydrogens is 517 g/mol.